The topological polar surface area (TPSA) is 55.6 Å². The first-order chi connectivity index (χ1) is 7.69. The van der Waals surface area contributed by atoms with Gasteiger partial charge in [-0.05, 0) is 19.3 Å². The van der Waals surface area contributed by atoms with Crippen molar-refractivity contribution in [3.63, 3.8) is 0 Å². The molecule has 4 heteroatoms. The number of rotatable bonds is 6. The summed E-state index contributed by atoms with van der Waals surface area (Å²) in [6.45, 7) is 4.07. The summed E-state index contributed by atoms with van der Waals surface area (Å²) in [5, 5.41) is 0. The standard InChI is InChI=1S/C12H24N2O2/c1-3-5-10(8-13)12(15)14(2)9-11-6-4-7-16-11/h10-11H,3-9,13H2,1-2H3. The van der Waals surface area contributed by atoms with Crippen LogP contribution in [0.2, 0.25) is 0 Å². The highest BCUT2D eigenvalue weighted by molar-refractivity contribution is 5.78. The van der Waals surface area contributed by atoms with Gasteiger partial charge in [0.2, 0.25) is 5.91 Å². The van der Waals surface area contributed by atoms with Gasteiger partial charge in [0, 0.05) is 26.7 Å². The van der Waals surface area contributed by atoms with Crippen LogP contribution in [0.25, 0.3) is 0 Å². The molecule has 2 atom stereocenters. The summed E-state index contributed by atoms with van der Waals surface area (Å²) < 4.78 is 5.52. The van der Waals surface area contributed by atoms with E-state index in [4.69, 9.17) is 10.5 Å². The van der Waals surface area contributed by atoms with Crippen LogP contribution in [0.4, 0.5) is 0 Å². The Morgan fingerprint density at radius 3 is 2.88 bits per heavy atom. The van der Waals surface area contributed by atoms with Gasteiger partial charge in [0.25, 0.3) is 0 Å². The monoisotopic (exact) mass is 228 g/mol. The van der Waals surface area contributed by atoms with Crippen molar-refractivity contribution in [1.29, 1.82) is 0 Å². The average Bonchev–Trinajstić information content (AvgIpc) is 2.77. The summed E-state index contributed by atoms with van der Waals surface area (Å²) in [7, 11) is 1.85. The van der Waals surface area contributed by atoms with Crippen LogP contribution in [0.1, 0.15) is 32.6 Å². The lowest BCUT2D eigenvalue weighted by Gasteiger charge is -2.25. The number of nitrogens with zero attached hydrogens (tertiary/aromatic N) is 1. The molecule has 1 aliphatic heterocycles. The molecule has 1 heterocycles. The largest absolute Gasteiger partial charge is 0.376 e. The molecule has 1 amide bonds. The van der Waals surface area contributed by atoms with Crippen LogP contribution >= 0.6 is 0 Å². The molecule has 1 fully saturated rings. The molecule has 1 rings (SSSR count). The lowest BCUT2D eigenvalue weighted by Crippen LogP contribution is -2.40. The second-order valence-electron chi connectivity index (χ2n) is 4.58. The van der Waals surface area contributed by atoms with Crippen LogP contribution in [0.15, 0.2) is 0 Å². The normalized spacial score (nSPS) is 22.1. The van der Waals surface area contributed by atoms with Gasteiger partial charge < -0.3 is 15.4 Å². The third kappa shape index (κ3) is 3.76. The third-order valence-corrected chi connectivity index (χ3v) is 3.15. The highest BCUT2D eigenvalue weighted by atomic mass is 16.5. The Morgan fingerprint density at radius 2 is 2.38 bits per heavy atom. The van der Waals surface area contributed by atoms with Crippen molar-refractivity contribution in [3.05, 3.63) is 0 Å². The molecule has 0 aliphatic carbocycles. The molecule has 1 saturated heterocycles. The molecule has 94 valence electrons. The van der Waals surface area contributed by atoms with Crippen LogP contribution < -0.4 is 5.73 Å². The predicted molar refractivity (Wildman–Crippen MR) is 64.1 cm³/mol. The number of hydrogen-bond donors (Lipinski definition) is 1. The summed E-state index contributed by atoms with van der Waals surface area (Å²) in [5.41, 5.74) is 5.63. The van der Waals surface area contributed by atoms with E-state index < -0.39 is 0 Å². The van der Waals surface area contributed by atoms with E-state index in [1.165, 1.54) is 0 Å². The zero-order chi connectivity index (χ0) is 12.0. The molecule has 1 aliphatic rings. The van der Waals surface area contributed by atoms with Crippen LogP contribution in [-0.2, 0) is 9.53 Å². The molecule has 0 radical (unpaired) electrons. The molecular weight excluding hydrogens is 204 g/mol. The molecule has 0 aromatic rings. The van der Waals surface area contributed by atoms with Gasteiger partial charge in [-0.3, -0.25) is 4.79 Å². The smallest absolute Gasteiger partial charge is 0.226 e. The summed E-state index contributed by atoms with van der Waals surface area (Å²) >= 11 is 0. The third-order valence-electron chi connectivity index (χ3n) is 3.15. The zero-order valence-corrected chi connectivity index (χ0v) is 10.4. The Hall–Kier alpha value is -0.610. The molecule has 0 aromatic heterocycles. The molecule has 4 nitrogen and oxygen atoms in total. The first kappa shape index (κ1) is 13.5. The van der Waals surface area contributed by atoms with Crippen molar-refractivity contribution in [3.8, 4) is 0 Å². The van der Waals surface area contributed by atoms with Crippen molar-refractivity contribution < 1.29 is 9.53 Å². The molecule has 0 spiro atoms. The number of amides is 1. The van der Waals surface area contributed by atoms with Gasteiger partial charge in [-0.2, -0.15) is 0 Å². The van der Waals surface area contributed by atoms with Crippen molar-refractivity contribution >= 4 is 5.91 Å². The minimum atomic E-state index is -0.0172. The van der Waals surface area contributed by atoms with E-state index in [1.807, 2.05) is 7.05 Å². The number of nitrogens with two attached hydrogens (primary N) is 1. The molecule has 2 N–H and O–H groups in total. The van der Waals surface area contributed by atoms with Crippen LogP contribution in [0.3, 0.4) is 0 Å². The van der Waals surface area contributed by atoms with Crippen molar-refractivity contribution in [2.24, 2.45) is 11.7 Å². The number of ether oxygens (including phenoxy) is 1. The van der Waals surface area contributed by atoms with E-state index in [9.17, 15) is 4.79 Å². The maximum absolute atomic E-state index is 12.0. The first-order valence-electron chi connectivity index (χ1n) is 6.25. The highest BCUT2D eigenvalue weighted by Crippen LogP contribution is 2.15. The second kappa shape index (κ2) is 6.86. The minimum absolute atomic E-state index is 0.0172. The van der Waals surface area contributed by atoms with Gasteiger partial charge in [-0.1, -0.05) is 13.3 Å². The van der Waals surface area contributed by atoms with Gasteiger partial charge in [-0.25, -0.2) is 0 Å². The van der Waals surface area contributed by atoms with E-state index in [-0.39, 0.29) is 17.9 Å². The fraction of sp³-hybridized carbons (Fsp3) is 0.917. The SMILES string of the molecule is CCCC(CN)C(=O)N(C)CC1CCCO1. The van der Waals surface area contributed by atoms with E-state index in [2.05, 4.69) is 6.92 Å². The molecule has 0 saturated carbocycles. The van der Waals surface area contributed by atoms with Crippen LogP contribution in [-0.4, -0.2) is 43.7 Å². The molecule has 0 aromatic carbocycles. The Bertz CT molecular complexity index is 215. The maximum Gasteiger partial charge on any atom is 0.226 e. The van der Waals surface area contributed by atoms with Gasteiger partial charge >= 0.3 is 0 Å². The number of carbonyl (C=O) groups is 1. The first-order valence-corrected chi connectivity index (χ1v) is 6.25. The highest BCUT2D eigenvalue weighted by Gasteiger charge is 2.24. The Balaban J connectivity index is 2.38. The Kier molecular flexibility index (Phi) is 5.77. The molecule has 2 unspecified atom stereocenters. The average molecular weight is 228 g/mol. The Morgan fingerprint density at radius 1 is 1.62 bits per heavy atom. The summed E-state index contributed by atoms with van der Waals surface area (Å²) in [4.78, 5) is 13.8. The van der Waals surface area contributed by atoms with Gasteiger partial charge in [-0.15, -0.1) is 0 Å². The minimum Gasteiger partial charge on any atom is -0.376 e. The molecular formula is C12H24N2O2. The fourth-order valence-corrected chi connectivity index (χ4v) is 2.19. The lowest BCUT2D eigenvalue weighted by molar-refractivity contribution is -0.135. The molecule has 0 bridgehead atoms. The van der Waals surface area contributed by atoms with E-state index in [0.29, 0.717) is 13.1 Å². The van der Waals surface area contributed by atoms with Crippen molar-refractivity contribution in [2.75, 3.05) is 26.7 Å². The van der Waals surface area contributed by atoms with E-state index in [0.717, 1.165) is 32.3 Å². The van der Waals surface area contributed by atoms with Crippen molar-refractivity contribution in [1.82, 2.24) is 4.90 Å². The summed E-state index contributed by atoms with van der Waals surface area (Å²) in [5.74, 6) is 0.149. The quantitative estimate of drug-likeness (QED) is 0.738. The fourth-order valence-electron chi connectivity index (χ4n) is 2.19. The summed E-state index contributed by atoms with van der Waals surface area (Å²) in [6, 6.07) is 0. The van der Waals surface area contributed by atoms with Gasteiger partial charge in [0.1, 0.15) is 0 Å². The van der Waals surface area contributed by atoms with E-state index in [1.54, 1.807) is 4.90 Å². The zero-order valence-electron chi connectivity index (χ0n) is 10.4. The number of likely N-dealkylation sites (N-methyl/N-ethyl adjacent to an activating group) is 1. The second-order valence-corrected chi connectivity index (χ2v) is 4.58. The maximum atomic E-state index is 12.0. The van der Waals surface area contributed by atoms with Crippen LogP contribution in [0.5, 0.6) is 0 Å². The number of hydrogen-bond acceptors (Lipinski definition) is 3. The van der Waals surface area contributed by atoms with E-state index >= 15 is 0 Å². The lowest BCUT2D eigenvalue weighted by atomic mass is 10.0. The van der Waals surface area contributed by atoms with Gasteiger partial charge in [0.05, 0.1) is 12.0 Å². The van der Waals surface area contributed by atoms with Gasteiger partial charge in [0.15, 0.2) is 0 Å². The van der Waals surface area contributed by atoms with Crippen LogP contribution in [0, 0.1) is 5.92 Å². The van der Waals surface area contributed by atoms with Crippen molar-refractivity contribution in [2.45, 2.75) is 38.7 Å². The number of carbonyl (C=O) groups excluding carboxylic acids is 1. The predicted octanol–water partition coefficient (Wildman–Crippen LogP) is 0.999. The Labute approximate surface area is 98.1 Å². The summed E-state index contributed by atoms with van der Waals surface area (Å²) in [6.07, 6.45) is 4.29. The molecule has 16 heavy (non-hydrogen) atoms.